The third-order valence-corrected chi connectivity index (χ3v) is 2.10. The molecule has 0 bridgehead atoms. The lowest BCUT2D eigenvalue weighted by molar-refractivity contribution is -0.0347. The molecule has 84 valence electrons. The zero-order chi connectivity index (χ0) is 10.9. The van der Waals surface area contributed by atoms with Gasteiger partial charge in [0.25, 0.3) is 0 Å². The summed E-state index contributed by atoms with van der Waals surface area (Å²) >= 11 is 0. The summed E-state index contributed by atoms with van der Waals surface area (Å²) < 4.78 is 15.7. The van der Waals surface area contributed by atoms with Gasteiger partial charge in [0, 0.05) is 14.2 Å². The highest BCUT2D eigenvalue weighted by Crippen LogP contribution is 2.01. The first-order valence-electron chi connectivity index (χ1n) is 5.00. The molecule has 0 aromatic heterocycles. The Hall–Kier alpha value is -0.900. The quantitative estimate of drug-likeness (QED) is 0.687. The first kappa shape index (κ1) is 12.2. The molecule has 0 fully saturated rings. The fourth-order valence-electron chi connectivity index (χ4n) is 1.25. The van der Waals surface area contributed by atoms with Crippen LogP contribution in [0.3, 0.4) is 0 Å². The van der Waals surface area contributed by atoms with Gasteiger partial charge in [-0.3, -0.25) is 0 Å². The minimum Gasteiger partial charge on any atom is -0.382 e. The lowest BCUT2D eigenvalue weighted by Gasteiger charge is -2.14. The minimum atomic E-state index is 0.0127. The van der Waals surface area contributed by atoms with Crippen molar-refractivity contribution in [3.8, 4) is 0 Å². The molecule has 1 aromatic rings. The van der Waals surface area contributed by atoms with Crippen LogP contribution in [-0.4, -0.2) is 33.5 Å². The lowest BCUT2D eigenvalue weighted by atomic mass is 10.2. The second-order valence-electron chi connectivity index (χ2n) is 3.31. The summed E-state index contributed by atoms with van der Waals surface area (Å²) in [6.07, 6.45) is 0.0127. The summed E-state index contributed by atoms with van der Waals surface area (Å²) in [6.45, 7) is 1.73. The van der Waals surface area contributed by atoms with Crippen molar-refractivity contribution < 1.29 is 14.2 Å². The van der Waals surface area contributed by atoms with Crippen LogP contribution < -0.4 is 0 Å². The molecule has 1 atom stereocenters. The SMILES string of the molecule is COC[C@H](COCc1ccccc1)OC. The van der Waals surface area contributed by atoms with E-state index in [4.69, 9.17) is 14.2 Å². The molecule has 0 radical (unpaired) electrons. The Balaban J connectivity index is 2.20. The molecule has 0 heterocycles. The fraction of sp³-hybridized carbons (Fsp3) is 0.500. The van der Waals surface area contributed by atoms with E-state index >= 15 is 0 Å². The Morgan fingerprint density at radius 3 is 2.40 bits per heavy atom. The van der Waals surface area contributed by atoms with E-state index in [1.807, 2.05) is 30.3 Å². The molecule has 0 aliphatic heterocycles. The van der Waals surface area contributed by atoms with Crippen molar-refractivity contribution in [1.82, 2.24) is 0 Å². The van der Waals surface area contributed by atoms with Crippen molar-refractivity contribution in [3.05, 3.63) is 35.9 Å². The molecule has 1 aromatic carbocycles. The maximum Gasteiger partial charge on any atom is 0.104 e. The number of hydrogen-bond donors (Lipinski definition) is 0. The summed E-state index contributed by atoms with van der Waals surface area (Å²) in [4.78, 5) is 0. The summed E-state index contributed by atoms with van der Waals surface area (Å²) in [5.41, 5.74) is 1.17. The van der Waals surface area contributed by atoms with E-state index in [-0.39, 0.29) is 6.10 Å². The molecule has 3 heteroatoms. The highest BCUT2D eigenvalue weighted by molar-refractivity contribution is 5.13. The summed E-state index contributed by atoms with van der Waals surface area (Å²) in [7, 11) is 3.32. The van der Waals surface area contributed by atoms with E-state index in [0.29, 0.717) is 19.8 Å². The zero-order valence-corrected chi connectivity index (χ0v) is 9.31. The van der Waals surface area contributed by atoms with Crippen LogP contribution in [0, 0.1) is 0 Å². The maximum absolute atomic E-state index is 5.52. The number of benzene rings is 1. The molecule has 0 saturated heterocycles. The largest absolute Gasteiger partial charge is 0.382 e. The van der Waals surface area contributed by atoms with E-state index in [1.165, 1.54) is 5.56 Å². The van der Waals surface area contributed by atoms with Gasteiger partial charge in [0.1, 0.15) is 6.10 Å². The van der Waals surface area contributed by atoms with Crippen molar-refractivity contribution in [2.24, 2.45) is 0 Å². The molecule has 15 heavy (non-hydrogen) atoms. The highest BCUT2D eigenvalue weighted by atomic mass is 16.5. The van der Waals surface area contributed by atoms with E-state index in [0.717, 1.165) is 0 Å². The van der Waals surface area contributed by atoms with Crippen molar-refractivity contribution in [3.63, 3.8) is 0 Å². The lowest BCUT2D eigenvalue weighted by Crippen LogP contribution is -2.23. The van der Waals surface area contributed by atoms with Crippen molar-refractivity contribution in [2.45, 2.75) is 12.7 Å². The molecule has 0 aliphatic carbocycles. The van der Waals surface area contributed by atoms with E-state index in [9.17, 15) is 0 Å². The number of ether oxygens (including phenoxy) is 3. The molecule has 0 N–H and O–H groups in total. The maximum atomic E-state index is 5.52. The minimum absolute atomic E-state index is 0.0127. The van der Waals surface area contributed by atoms with Crippen LogP contribution >= 0.6 is 0 Å². The fourth-order valence-corrected chi connectivity index (χ4v) is 1.25. The Kier molecular flexibility index (Phi) is 6.00. The molecular formula is C12H18O3. The molecule has 0 unspecified atom stereocenters. The van der Waals surface area contributed by atoms with Crippen LogP contribution in [0.2, 0.25) is 0 Å². The number of hydrogen-bond acceptors (Lipinski definition) is 3. The Morgan fingerprint density at radius 1 is 1.07 bits per heavy atom. The van der Waals surface area contributed by atoms with E-state index in [2.05, 4.69) is 0 Å². The van der Waals surface area contributed by atoms with Crippen LogP contribution in [0.15, 0.2) is 30.3 Å². The average Bonchev–Trinajstić information content (AvgIpc) is 2.29. The average molecular weight is 210 g/mol. The zero-order valence-electron chi connectivity index (χ0n) is 9.31. The van der Waals surface area contributed by atoms with Gasteiger partial charge in [-0.15, -0.1) is 0 Å². The van der Waals surface area contributed by atoms with Gasteiger partial charge >= 0.3 is 0 Å². The summed E-state index contributed by atoms with van der Waals surface area (Å²) in [5.74, 6) is 0. The first-order valence-corrected chi connectivity index (χ1v) is 5.00. The number of rotatable bonds is 7. The molecule has 0 amide bonds. The molecular weight excluding hydrogens is 192 g/mol. The second-order valence-corrected chi connectivity index (χ2v) is 3.31. The van der Waals surface area contributed by atoms with Crippen molar-refractivity contribution >= 4 is 0 Å². The van der Waals surface area contributed by atoms with Gasteiger partial charge in [0.05, 0.1) is 19.8 Å². The topological polar surface area (TPSA) is 27.7 Å². The second kappa shape index (κ2) is 7.40. The smallest absolute Gasteiger partial charge is 0.104 e. The number of methoxy groups -OCH3 is 2. The summed E-state index contributed by atoms with van der Waals surface area (Å²) in [6, 6.07) is 10.1. The van der Waals surface area contributed by atoms with Crippen LogP contribution in [0.5, 0.6) is 0 Å². The molecule has 0 spiro atoms. The van der Waals surface area contributed by atoms with Gasteiger partial charge in [-0.25, -0.2) is 0 Å². The van der Waals surface area contributed by atoms with Crippen LogP contribution in [0.25, 0.3) is 0 Å². The van der Waals surface area contributed by atoms with Crippen LogP contribution in [0.1, 0.15) is 5.56 Å². The van der Waals surface area contributed by atoms with E-state index in [1.54, 1.807) is 14.2 Å². The normalized spacial score (nSPS) is 12.7. The standard InChI is InChI=1S/C12H18O3/c1-13-9-12(14-2)10-15-8-11-6-4-3-5-7-11/h3-7,12H,8-10H2,1-2H3/t12-/m1/s1. The van der Waals surface area contributed by atoms with Gasteiger partial charge in [-0.2, -0.15) is 0 Å². The van der Waals surface area contributed by atoms with Gasteiger partial charge < -0.3 is 14.2 Å². The Morgan fingerprint density at radius 2 is 1.80 bits per heavy atom. The predicted molar refractivity (Wildman–Crippen MR) is 58.8 cm³/mol. The molecule has 1 rings (SSSR count). The Bertz CT molecular complexity index is 248. The summed E-state index contributed by atoms with van der Waals surface area (Å²) in [5, 5.41) is 0. The predicted octanol–water partition coefficient (Wildman–Crippen LogP) is 1.86. The van der Waals surface area contributed by atoms with Crippen molar-refractivity contribution in [1.29, 1.82) is 0 Å². The third kappa shape index (κ3) is 4.93. The monoisotopic (exact) mass is 210 g/mol. The highest BCUT2D eigenvalue weighted by Gasteiger charge is 2.06. The van der Waals surface area contributed by atoms with Gasteiger partial charge in [-0.1, -0.05) is 30.3 Å². The first-order chi connectivity index (χ1) is 7.36. The van der Waals surface area contributed by atoms with Crippen LogP contribution in [-0.2, 0) is 20.8 Å². The van der Waals surface area contributed by atoms with Crippen molar-refractivity contribution in [2.75, 3.05) is 27.4 Å². The molecule has 0 aliphatic rings. The third-order valence-electron chi connectivity index (χ3n) is 2.10. The van der Waals surface area contributed by atoms with E-state index < -0.39 is 0 Å². The van der Waals surface area contributed by atoms with Gasteiger partial charge in [-0.05, 0) is 5.56 Å². The van der Waals surface area contributed by atoms with Gasteiger partial charge in [0.2, 0.25) is 0 Å². The molecule has 3 nitrogen and oxygen atoms in total. The van der Waals surface area contributed by atoms with Gasteiger partial charge in [0.15, 0.2) is 0 Å². The molecule has 0 saturated carbocycles. The van der Waals surface area contributed by atoms with Crippen LogP contribution in [0.4, 0.5) is 0 Å². The Labute approximate surface area is 91.0 Å².